The van der Waals surface area contributed by atoms with Crippen molar-refractivity contribution >= 4 is 0 Å². The maximum absolute atomic E-state index is 4.54. The molecule has 1 rings (SSSR count). The number of nitrogens with one attached hydrogen (secondary N) is 1. The quantitative estimate of drug-likeness (QED) is 0.725. The summed E-state index contributed by atoms with van der Waals surface area (Å²) >= 11 is 0. The summed E-state index contributed by atoms with van der Waals surface area (Å²) in [6, 6.07) is 2.52. The molecule has 0 saturated carbocycles. The average molecular weight is 207 g/mol. The third kappa shape index (κ3) is 2.69. The second-order valence-corrected chi connectivity index (χ2v) is 3.60. The number of rotatable bonds is 6. The van der Waals surface area contributed by atoms with Gasteiger partial charge in [-0.2, -0.15) is 5.10 Å². The number of hydrogen-bond donors (Lipinski definition) is 1. The van der Waals surface area contributed by atoms with Crippen LogP contribution in [0.2, 0.25) is 0 Å². The molecule has 0 bridgehead atoms. The van der Waals surface area contributed by atoms with E-state index in [9.17, 15) is 0 Å². The van der Waals surface area contributed by atoms with Crippen molar-refractivity contribution in [3.05, 3.63) is 30.1 Å². The van der Waals surface area contributed by atoms with Gasteiger partial charge in [0.15, 0.2) is 0 Å². The van der Waals surface area contributed by atoms with Crippen molar-refractivity contribution in [2.24, 2.45) is 0 Å². The molecule has 3 nitrogen and oxygen atoms in total. The van der Waals surface area contributed by atoms with Gasteiger partial charge in [0.1, 0.15) is 0 Å². The smallest absolute Gasteiger partial charge is 0.0625 e. The van der Waals surface area contributed by atoms with Crippen LogP contribution in [0.25, 0.3) is 0 Å². The molecule has 0 saturated heterocycles. The highest BCUT2D eigenvalue weighted by Gasteiger charge is 2.14. The molecule has 3 heteroatoms. The van der Waals surface area contributed by atoms with E-state index < -0.39 is 0 Å². The summed E-state index contributed by atoms with van der Waals surface area (Å²) in [6.07, 6.45) is 3.87. The fourth-order valence-electron chi connectivity index (χ4n) is 1.75. The molecule has 0 aromatic carbocycles. The average Bonchev–Trinajstić information content (AvgIpc) is 2.68. The van der Waals surface area contributed by atoms with Gasteiger partial charge in [0.2, 0.25) is 0 Å². The molecule has 1 aromatic heterocycles. The van der Waals surface area contributed by atoms with Crippen molar-refractivity contribution in [3.63, 3.8) is 0 Å². The van der Waals surface area contributed by atoms with Crippen molar-refractivity contribution in [1.29, 1.82) is 0 Å². The van der Waals surface area contributed by atoms with Crippen LogP contribution in [0.4, 0.5) is 0 Å². The lowest BCUT2D eigenvalue weighted by Gasteiger charge is -2.15. The molecule has 0 fully saturated rings. The van der Waals surface area contributed by atoms with Crippen molar-refractivity contribution in [1.82, 2.24) is 15.1 Å². The summed E-state index contributed by atoms with van der Waals surface area (Å²) in [5.41, 5.74) is 2.42. The minimum Gasteiger partial charge on any atom is -0.311 e. The van der Waals surface area contributed by atoms with Crippen molar-refractivity contribution in [2.45, 2.75) is 39.3 Å². The standard InChI is InChI=1S/C12H21N3/c1-5-8-11(13-4)12-9-10(6-2)14-15(12)7-3/h5,9,11,13H,1,6-8H2,2-4H3. The Morgan fingerprint density at radius 2 is 2.33 bits per heavy atom. The van der Waals surface area contributed by atoms with Crippen LogP contribution < -0.4 is 5.32 Å². The molecule has 0 spiro atoms. The lowest BCUT2D eigenvalue weighted by Crippen LogP contribution is -2.19. The van der Waals surface area contributed by atoms with Gasteiger partial charge in [-0.05, 0) is 32.9 Å². The van der Waals surface area contributed by atoms with E-state index in [0.29, 0.717) is 6.04 Å². The van der Waals surface area contributed by atoms with Gasteiger partial charge in [0.25, 0.3) is 0 Å². The summed E-state index contributed by atoms with van der Waals surface area (Å²) in [4.78, 5) is 0. The molecule has 0 aliphatic carbocycles. The summed E-state index contributed by atoms with van der Waals surface area (Å²) in [6.45, 7) is 8.96. The molecule has 1 N–H and O–H groups in total. The molecule has 0 radical (unpaired) electrons. The highest BCUT2D eigenvalue weighted by molar-refractivity contribution is 5.15. The van der Waals surface area contributed by atoms with Crippen LogP contribution in [0.15, 0.2) is 18.7 Å². The number of aromatic nitrogens is 2. The van der Waals surface area contributed by atoms with Crippen LogP contribution >= 0.6 is 0 Å². The Morgan fingerprint density at radius 1 is 1.60 bits per heavy atom. The van der Waals surface area contributed by atoms with Gasteiger partial charge in [0, 0.05) is 6.54 Å². The Balaban J connectivity index is 2.97. The van der Waals surface area contributed by atoms with Crippen LogP contribution in [-0.2, 0) is 13.0 Å². The van der Waals surface area contributed by atoms with Crippen LogP contribution in [0.3, 0.4) is 0 Å². The molecule has 1 atom stereocenters. The Bertz CT molecular complexity index is 315. The molecule has 1 unspecified atom stereocenters. The van der Waals surface area contributed by atoms with Crippen LogP contribution in [-0.4, -0.2) is 16.8 Å². The van der Waals surface area contributed by atoms with Crippen molar-refractivity contribution < 1.29 is 0 Å². The lowest BCUT2D eigenvalue weighted by atomic mass is 10.1. The van der Waals surface area contributed by atoms with Crippen LogP contribution in [0.5, 0.6) is 0 Å². The SMILES string of the molecule is C=CCC(NC)c1cc(CC)nn1CC. The monoisotopic (exact) mass is 207 g/mol. The van der Waals surface area contributed by atoms with E-state index in [1.807, 2.05) is 13.1 Å². The molecular formula is C12H21N3. The molecule has 84 valence electrons. The molecule has 15 heavy (non-hydrogen) atoms. The summed E-state index contributed by atoms with van der Waals surface area (Å²) in [7, 11) is 1.98. The molecule has 0 aliphatic heterocycles. The number of aryl methyl sites for hydroxylation is 2. The second kappa shape index (κ2) is 5.71. The Hall–Kier alpha value is -1.09. The minimum atomic E-state index is 0.329. The maximum atomic E-state index is 4.54. The fraction of sp³-hybridized carbons (Fsp3) is 0.583. The molecule has 1 aromatic rings. The topological polar surface area (TPSA) is 29.9 Å². The van der Waals surface area contributed by atoms with Gasteiger partial charge in [-0.3, -0.25) is 4.68 Å². The van der Waals surface area contributed by atoms with E-state index >= 15 is 0 Å². The van der Waals surface area contributed by atoms with Crippen LogP contribution in [0.1, 0.15) is 37.7 Å². The summed E-state index contributed by atoms with van der Waals surface area (Å²) in [5.74, 6) is 0. The van der Waals surface area contributed by atoms with E-state index in [-0.39, 0.29) is 0 Å². The number of nitrogens with zero attached hydrogens (tertiary/aromatic N) is 2. The first-order valence-electron chi connectivity index (χ1n) is 5.61. The van der Waals surface area contributed by atoms with Gasteiger partial charge in [-0.15, -0.1) is 6.58 Å². The largest absolute Gasteiger partial charge is 0.311 e. The van der Waals surface area contributed by atoms with Crippen LogP contribution in [0, 0.1) is 0 Å². The highest BCUT2D eigenvalue weighted by atomic mass is 15.3. The van der Waals surface area contributed by atoms with Crippen molar-refractivity contribution in [3.8, 4) is 0 Å². The lowest BCUT2D eigenvalue weighted by molar-refractivity contribution is 0.518. The van der Waals surface area contributed by atoms with Gasteiger partial charge in [-0.25, -0.2) is 0 Å². The Morgan fingerprint density at radius 3 is 2.80 bits per heavy atom. The first-order chi connectivity index (χ1) is 7.26. The predicted octanol–water partition coefficient (Wildman–Crippen LogP) is 2.30. The predicted molar refractivity (Wildman–Crippen MR) is 63.9 cm³/mol. The first kappa shape index (κ1) is 12.0. The minimum absolute atomic E-state index is 0.329. The molecule has 1 heterocycles. The van der Waals surface area contributed by atoms with E-state index in [4.69, 9.17) is 0 Å². The molecule has 0 aliphatic rings. The maximum Gasteiger partial charge on any atom is 0.0625 e. The zero-order valence-corrected chi connectivity index (χ0v) is 9.95. The van der Waals surface area contributed by atoms with Gasteiger partial charge in [-0.1, -0.05) is 13.0 Å². The number of hydrogen-bond acceptors (Lipinski definition) is 2. The molecular weight excluding hydrogens is 186 g/mol. The zero-order valence-electron chi connectivity index (χ0n) is 9.95. The van der Waals surface area contributed by atoms with Gasteiger partial charge >= 0.3 is 0 Å². The van der Waals surface area contributed by atoms with E-state index in [1.165, 1.54) is 5.69 Å². The first-order valence-corrected chi connectivity index (χ1v) is 5.61. The van der Waals surface area contributed by atoms with Gasteiger partial charge in [0.05, 0.1) is 17.4 Å². The van der Waals surface area contributed by atoms with E-state index in [2.05, 4.69) is 41.6 Å². The normalized spacial score (nSPS) is 12.7. The third-order valence-electron chi connectivity index (χ3n) is 2.63. The van der Waals surface area contributed by atoms with E-state index in [1.54, 1.807) is 0 Å². The van der Waals surface area contributed by atoms with E-state index in [0.717, 1.165) is 25.1 Å². The Labute approximate surface area is 92.2 Å². The van der Waals surface area contributed by atoms with Crippen molar-refractivity contribution in [2.75, 3.05) is 7.05 Å². The zero-order chi connectivity index (χ0) is 11.3. The highest BCUT2D eigenvalue weighted by Crippen LogP contribution is 2.18. The molecule has 0 amide bonds. The van der Waals surface area contributed by atoms with Gasteiger partial charge < -0.3 is 5.32 Å². The third-order valence-corrected chi connectivity index (χ3v) is 2.63. The fourth-order valence-corrected chi connectivity index (χ4v) is 1.75. The second-order valence-electron chi connectivity index (χ2n) is 3.60. The Kier molecular flexibility index (Phi) is 4.56. The summed E-state index contributed by atoms with van der Waals surface area (Å²) < 4.78 is 2.07. The summed E-state index contributed by atoms with van der Waals surface area (Å²) in [5, 5.41) is 7.84.